The van der Waals surface area contributed by atoms with Crippen LogP contribution in [0.2, 0.25) is 0 Å². The summed E-state index contributed by atoms with van der Waals surface area (Å²) >= 11 is 0. The molecule has 1 unspecified atom stereocenters. The minimum Gasteiger partial charge on any atom is -0.481 e. The number of carbonyl (C=O) groups excluding carboxylic acids is 1. The smallest absolute Gasteiger partial charge is 0.251 e. The number of H-pyrrole nitrogens is 1. The molecule has 0 aromatic carbocycles. The molecule has 0 bridgehead atoms. The number of pyridine rings is 1. The lowest BCUT2D eigenvalue weighted by molar-refractivity contribution is 0.0946. The van der Waals surface area contributed by atoms with Gasteiger partial charge in [-0.05, 0) is 31.9 Å². The predicted octanol–water partition coefficient (Wildman–Crippen LogP) is 1.37. The van der Waals surface area contributed by atoms with Crippen LogP contribution in [0.4, 0.5) is 0 Å². The summed E-state index contributed by atoms with van der Waals surface area (Å²) in [6.45, 7) is 5.55. The van der Waals surface area contributed by atoms with Crippen LogP contribution in [0.15, 0.2) is 24.5 Å². The zero-order chi connectivity index (χ0) is 16.9. The van der Waals surface area contributed by atoms with Crippen molar-refractivity contribution in [2.24, 2.45) is 5.92 Å². The molecule has 3 rings (SSSR count). The summed E-state index contributed by atoms with van der Waals surface area (Å²) in [4.78, 5) is 26.1. The van der Waals surface area contributed by atoms with Crippen molar-refractivity contribution >= 4 is 5.91 Å². The number of likely N-dealkylation sites (tertiary alicyclic amines) is 1. The third kappa shape index (κ3) is 4.11. The van der Waals surface area contributed by atoms with Crippen LogP contribution >= 0.6 is 0 Å². The zero-order valence-electron chi connectivity index (χ0n) is 14.1. The van der Waals surface area contributed by atoms with E-state index in [0.29, 0.717) is 23.9 Å². The lowest BCUT2D eigenvalue weighted by Crippen LogP contribution is -2.31. The number of imidazole rings is 1. The Labute approximate surface area is 141 Å². The Balaban J connectivity index is 1.46. The predicted molar refractivity (Wildman–Crippen MR) is 89.8 cm³/mol. The summed E-state index contributed by atoms with van der Waals surface area (Å²) in [5.41, 5.74) is 1.71. The highest BCUT2D eigenvalue weighted by Crippen LogP contribution is 2.18. The Bertz CT molecular complexity index is 700. The molecule has 0 radical (unpaired) electrons. The third-order valence-electron chi connectivity index (χ3n) is 4.28. The Morgan fingerprint density at radius 1 is 1.50 bits per heavy atom. The molecule has 1 saturated heterocycles. The summed E-state index contributed by atoms with van der Waals surface area (Å²) in [5.74, 6) is 1.78. The van der Waals surface area contributed by atoms with Crippen molar-refractivity contribution in [2.75, 3.05) is 26.7 Å². The fourth-order valence-corrected chi connectivity index (χ4v) is 3.02. The molecule has 2 aromatic rings. The number of aryl methyl sites for hydroxylation is 1. The molecule has 2 N–H and O–H groups in total. The molecule has 2 aromatic heterocycles. The molecule has 0 aliphatic carbocycles. The first-order valence-corrected chi connectivity index (χ1v) is 8.15. The van der Waals surface area contributed by atoms with Crippen LogP contribution in [0.25, 0.3) is 0 Å². The molecule has 1 aliphatic rings. The number of carbonyl (C=O) groups is 1. The van der Waals surface area contributed by atoms with E-state index < -0.39 is 0 Å². The normalized spacial score (nSPS) is 17.8. The van der Waals surface area contributed by atoms with Gasteiger partial charge in [-0.3, -0.25) is 9.69 Å². The van der Waals surface area contributed by atoms with Crippen LogP contribution in [0.5, 0.6) is 5.88 Å². The Morgan fingerprint density at radius 2 is 2.38 bits per heavy atom. The van der Waals surface area contributed by atoms with E-state index in [1.54, 1.807) is 18.3 Å². The van der Waals surface area contributed by atoms with E-state index in [9.17, 15) is 4.79 Å². The molecule has 1 aliphatic heterocycles. The van der Waals surface area contributed by atoms with E-state index >= 15 is 0 Å². The van der Waals surface area contributed by atoms with Gasteiger partial charge in [-0.1, -0.05) is 0 Å². The largest absolute Gasteiger partial charge is 0.481 e. The molecule has 1 atom stereocenters. The molecular formula is C17H23N5O2. The Morgan fingerprint density at radius 3 is 3.12 bits per heavy atom. The molecule has 24 heavy (non-hydrogen) atoms. The van der Waals surface area contributed by atoms with Gasteiger partial charge in [0, 0.05) is 49.4 Å². The summed E-state index contributed by atoms with van der Waals surface area (Å²) in [7, 11) is 1.54. The second-order valence-corrected chi connectivity index (χ2v) is 6.18. The summed E-state index contributed by atoms with van der Waals surface area (Å²) in [6.07, 6.45) is 4.56. The van der Waals surface area contributed by atoms with Crippen molar-refractivity contribution in [3.63, 3.8) is 0 Å². The van der Waals surface area contributed by atoms with Gasteiger partial charge < -0.3 is 15.0 Å². The van der Waals surface area contributed by atoms with Gasteiger partial charge >= 0.3 is 0 Å². The molecule has 7 heteroatoms. The average molecular weight is 329 g/mol. The first-order valence-electron chi connectivity index (χ1n) is 8.15. The molecule has 0 saturated carbocycles. The summed E-state index contributed by atoms with van der Waals surface area (Å²) in [6, 6.07) is 3.34. The Kier molecular flexibility index (Phi) is 5.10. The van der Waals surface area contributed by atoms with Gasteiger partial charge in [0.2, 0.25) is 5.88 Å². The van der Waals surface area contributed by atoms with Crippen molar-refractivity contribution in [1.29, 1.82) is 0 Å². The maximum absolute atomic E-state index is 12.2. The number of hydrogen-bond acceptors (Lipinski definition) is 5. The van der Waals surface area contributed by atoms with E-state index in [2.05, 4.69) is 25.2 Å². The van der Waals surface area contributed by atoms with Crippen LogP contribution in [0.1, 0.15) is 28.3 Å². The summed E-state index contributed by atoms with van der Waals surface area (Å²) in [5, 5.41) is 3.01. The van der Waals surface area contributed by atoms with Crippen LogP contribution in [-0.4, -0.2) is 52.5 Å². The van der Waals surface area contributed by atoms with E-state index in [1.165, 1.54) is 7.11 Å². The van der Waals surface area contributed by atoms with Crippen LogP contribution < -0.4 is 10.1 Å². The number of aromatic nitrogens is 3. The van der Waals surface area contributed by atoms with Crippen molar-refractivity contribution in [3.8, 4) is 5.88 Å². The number of rotatable bonds is 6. The van der Waals surface area contributed by atoms with E-state index in [4.69, 9.17) is 4.74 Å². The van der Waals surface area contributed by atoms with Gasteiger partial charge in [0.15, 0.2) is 0 Å². The number of aromatic amines is 1. The van der Waals surface area contributed by atoms with Crippen LogP contribution in [-0.2, 0) is 6.54 Å². The SMILES string of the molecule is COc1cc(C(=O)NCC2CCN(Cc3cnc(C)[nH]3)C2)ccn1. The molecular weight excluding hydrogens is 306 g/mol. The van der Waals surface area contributed by atoms with Crippen LogP contribution in [0.3, 0.4) is 0 Å². The highest BCUT2D eigenvalue weighted by Gasteiger charge is 2.23. The number of methoxy groups -OCH3 is 1. The number of hydrogen-bond donors (Lipinski definition) is 2. The van der Waals surface area contributed by atoms with Crippen molar-refractivity contribution < 1.29 is 9.53 Å². The molecule has 7 nitrogen and oxygen atoms in total. The zero-order valence-corrected chi connectivity index (χ0v) is 14.1. The fourth-order valence-electron chi connectivity index (χ4n) is 3.02. The standard InChI is InChI=1S/C17H23N5O2/c1-12-19-9-15(21-12)11-22-6-4-13(10-22)8-20-17(23)14-3-5-18-16(7-14)24-2/h3,5,7,9,13H,4,6,8,10-11H2,1-2H3,(H,19,21)(H,20,23). The first kappa shape index (κ1) is 16.4. The van der Waals surface area contributed by atoms with Gasteiger partial charge in [-0.15, -0.1) is 0 Å². The topological polar surface area (TPSA) is 83.1 Å². The second kappa shape index (κ2) is 7.44. The second-order valence-electron chi connectivity index (χ2n) is 6.18. The molecule has 0 spiro atoms. The van der Waals surface area contributed by atoms with Crippen molar-refractivity contribution in [2.45, 2.75) is 19.9 Å². The lowest BCUT2D eigenvalue weighted by Gasteiger charge is -2.15. The van der Waals surface area contributed by atoms with Gasteiger partial charge in [0.05, 0.1) is 7.11 Å². The molecule has 1 fully saturated rings. The maximum Gasteiger partial charge on any atom is 0.251 e. The number of nitrogens with one attached hydrogen (secondary N) is 2. The monoisotopic (exact) mass is 329 g/mol. The van der Waals surface area contributed by atoms with Gasteiger partial charge in [-0.2, -0.15) is 0 Å². The van der Waals surface area contributed by atoms with Gasteiger partial charge in [0.1, 0.15) is 5.82 Å². The minimum atomic E-state index is -0.0849. The van der Waals surface area contributed by atoms with Gasteiger partial charge in [0.25, 0.3) is 5.91 Å². The van der Waals surface area contributed by atoms with Gasteiger partial charge in [-0.25, -0.2) is 9.97 Å². The highest BCUT2D eigenvalue weighted by atomic mass is 16.5. The lowest BCUT2D eigenvalue weighted by atomic mass is 10.1. The minimum absolute atomic E-state index is 0.0849. The van der Waals surface area contributed by atoms with E-state index in [-0.39, 0.29) is 5.91 Å². The third-order valence-corrected chi connectivity index (χ3v) is 4.28. The number of ether oxygens (including phenoxy) is 1. The molecule has 3 heterocycles. The van der Waals surface area contributed by atoms with E-state index in [1.807, 2.05) is 13.1 Å². The van der Waals surface area contributed by atoms with Crippen molar-refractivity contribution in [3.05, 3.63) is 41.6 Å². The summed E-state index contributed by atoms with van der Waals surface area (Å²) < 4.78 is 5.05. The average Bonchev–Trinajstić information content (AvgIpc) is 3.22. The maximum atomic E-state index is 12.2. The van der Waals surface area contributed by atoms with Crippen LogP contribution in [0, 0.1) is 12.8 Å². The molecule has 128 valence electrons. The highest BCUT2D eigenvalue weighted by molar-refractivity contribution is 5.94. The fraction of sp³-hybridized carbons (Fsp3) is 0.471. The first-order chi connectivity index (χ1) is 11.6. The Hall–Kier alpha value is -2.41. The quantitative estimate of drug-likeness (QED) is 0.836. The number of amides is 1. The molecule has 1 amide bonds. The van der Waals surface area contributed by atoms with E-state index in [0.717, 1.165) is 37.6 Å². The number of nitrogens with zero attached hydrogens (tertiary/aromatic N) is 3. The van der Waals surface area contributed by atoms with Crippen molar-refractivity contribution in [1.82, 2.24) is 25.2 Å².